The Morgan fingerprint density at radius 3 is 2.37 bits per heavy atom. The van der Waals surface area contributed by atoms with Gasteiger partial charge in [0.2, 0.25) is 0 Å². The first-order valence-corrected chi connectivity index (χ1v) is 6.59. The molecule has 0 radical (unpaired) electrons. The van der Waals surface area contributed by atoms with Crippen molar-refractivity contribution in [2.45, 2.75) is 26.3 Å². The number of rotatable bonds is 5. The summed E-state index contributed by atoms with van der Waals surface area (Å²) >= 11 is 0. The second-order valence-corrected chi connectivity index (χ2v) is 4.53. The zero-order valence-electron chi connectivity index (χ0n) is 11.4. The van der Waals surface area contributed by atoms with Crippen molar-refractivity contribution in [3.05, 3.63) is 52.9 Å². The first kappa shape index (κ1) is 13.4. The maximum Gasteiger partial charge on any atom is 0.250 e. The molecule has 3 heteroatoms. The van der Waals surface area contributed by atoms with Gasteiger partial charge in [0.1, 0.15) is 5.75 Å². The molecule has 0 N–H and O–H groups in total. The zero-order valence-corrected chi connectivity index (χ0v) is 11.4. The van der Waals surface area contributed by atoms with E-state index in [1.54, 1.807) is 17.7 Å². The summed E-state index contributed by atoms with van der Waals surface area (Å²) in [4.78, 5) is 11.8. The number of methoxy groups -OCH3 is 1. The molecule has 0 aliphatic carbocycles. The molecule has 0 amide bonds. The van der Waals surface area contributed by atoms with Crippen LogP contribution in [0.4, 0.5) is 0 Å². The summed E-state index contributed by atoms with van der Waals surface area (Å²) in [6, 6.07) is 11.4. The highest BCUT2D eigenvalue weighted by Crippen LogP contribution is 2.21. The Morgan fingerprint density at radius 2 is 1.74 bits per heavy atom. The van der Waals surface area contributed by atoms with Crippen LogP contribution in [0.3, 0.4) is 0 Å². The number of aryl methyl sites for hydroxylation is 1. The number of ether oxygens (including phenoxy) is 1. The van der Waals surface area contributed by atoms with Crippen molar-refractivity contribution < 1.29 is 4.74 Å². The summed E-state index contributed by atoms with van der Waals surface area (Å²) < 4.78 is 6.93. The monoisotopic (exact) mass is 257 g/mol. The summed E-state index contributed by atoms with van der Waals surface area (Å²) in [5.74, 6) is 0.836. The normalized spacial score (nSPS) is 10.4. The van der Waals surface area contributed by atoms with Gasteiger partial charge in [-0.15, -0.1) is 0 Å². The van der Waals surface area contributed by atoms with Crippen molar-refractivity contribution in [2.75, 3.05) is 7.11 Å². The van der Waals surface area contributed by atoms with Crippen molar-refractivity contribution in [3.63, 3.8) is 0 Å². The molecule has 1 heterocycles. The van der Waals surface area contributed by atoms with E-state index >= 15 is 0 Å². The van der Waals surface area contributed by atoms with E-state index in [1.807, 2.05) is 36.5 Å². The number of hydrogen-bond acceptors (Lipinski definition) is 2. The van der Waals surface area contributed by atoms with E-state index in [0.717, 1.165) is 36.3 Å². The number of nitrogens with zero attached hydrogens (tertiary/aromatic N) is 1. The van der Waals surface area contributed by atoms with Gasteiger partial charge in [0.05, 0.1) is 7.11 Å². The third kappa shape index (κ3) is 3.25. The van der Waals surface area contributed by atoms with Gasteiger partial charge in [-0.25, -0.2) is 0 Å². The van der Waals surface area contributed by atoms with Gasteiger partial charge in [-0.2, -0.15) is 0 Å². The van der Waals surface area contributed by atoms with Crippen LogP contribution in [0, 0.1) is 0 Å². The van der Waals surface area contributed by atoms with Gasteiger partial charge in [-0.05, 0) is 35.7 Å². The standard InChI is InChI=1S/C16H19NO2/c1-3-4-11-17-12-14(7-10-16(17)18)13-5-8-15(19-2)9-6-13/h5-10,12H,3-4,11H2,1-2H3. The lowest BCUT2D eigenvalue weighted by molar-refractivity contribution is 0.415. The van der Waals surface area contributed by atoms with Crippen LogP contribution in [0.5, 0.6) is 5.75 Å². The third-order valence-corrected chi connectivity index (χ3v) is 3.16. The fraction of sp³-hybridized carbons (Fsp3) is 0.312. The summed E-state index contributed by atoms with van der Waals surface area (Å²) in [7, 11) is 1.65. The fourth-order valence-corrected chi connectivity index (χ4v) is 1.99. The van der Waals surface area contributed by atoms with Crippen LogP contribution in [0.1, 0.15) is 19.8 Å². The lowest BCUT2D eigenvalue weighted by Crippen LogP contribution is -2.18. The molecule has 0 fully saturated rings. The predicted molar refractivity (Wildman–Crippen MR) is 77.6 cm³/mol. The zero-order chi connectivity index (χ0) is 13.7. The smallest absolute Gasteiger partial charge is 0.250 e. The SMILES string of the molecule is CCCCn1cc(-c2ccc(OC)cc2)ccc1=O. The van der Waals surface area contributed by atoms with E-state index in [4.69, 9.17) is 4.74 Å². The molecular formula is C16H19NO2. The van der Waals surface area contributed by atoms with Crippen molar-refractivity contribution >= 4 is 0 Å². The highest BCUT2D eigenvalue weighted by molar-refractivity contribution is 5.63. The second-order valence-electron chi connectivity index (χ2n) is 4.53. The molecule has 2 rings (SSSR count). The quantitative estimate of drug-likeness (QED) is 0.822. The van der Waals surface area contributed by atoms with E-state index in [9.17, 15) is 4.79 Å². The van der Waals surface area contributed by atoms with Gasteiger partial charge < -0.3 is 9.30 Å². The Morgan fingerprint density at radius 1 is 1.05 bits per heavy atom. The Bertz CT molecular complexity index is 584. The molecule has 3 nitrogen and oxygen atoms in total. The van der Waals surface area contributed by atoms with Gasteiger partial charge in [0.25, 0.3) is 5.56 Å². The van der Waals surface area contributed by atoms with Crippen molar-refractivity contribution in [2.24, 2.45) is 0 Å². The number of pyridine rings is 1. The van der Waals surface area contributed by atoms with Gasteiger partial charge in [0.15, 0.2) is 0 Å². The topological polar surface area (TPSA) is 31.2 Å². The van der Waals surface area contributed by atoms with E-state index in [2.05, 4.69) is 6.92 Å². The molecule has 100 valence electrons. The molecule has 0 atom stereocenters. The number of aromatic nitrogens is 1. The number of hydrogen-bond donors (Lipinski definition) is 0. The van der Waals surface area contributed by atoms with E-state index < -0.39 is 0 Å². The Kier molecular flexibility index (Phi) is 4.39. The summed E-state index contributed by atoms with van der Waals surface area (Å²) in [6.07, 6.45) is 4.03. The van der Waals surface area contributed by atoms with Gasteiger partial charge >= 0.3 is 0 Å². The number of benzene rings is 1. The van der Waals surface area contributed by atoms with Crippen molar-refractivity contribution in [1.82, 2.24) is 4.57 Å². The summed E-state index contributed by atoms with van der Waals surface area (Å²) in [5, 5.41) is 0. The van der Waals surface area contributed by atoms with Crippen LogP contribution in [0.2, 0.25) is 0 Å². The Labute approximate surface area is 113 Å². The summed E-state index contributed by atoms with van der Waals surface area (Å²) in [6.45, 7) is 2.90. The lowest BCUT2D eigenvalue weighted by atomic mass is 10.1. The van der Waals surface area contributed by atoms with Crippen LogP contribution < -0.4 is 10.3 Å². The molecule has 0 spiro atoms. The first-order valence-electron chi connectivity index (χ1n) is 6.59. The fourth-order valence-electron chi connectivity index (χ4n) is 1.99. The molecule has 0 aliphatic rings. The van der Waals surface area contributed by atoms with Gasteiger partial charge in [0, 0.05) is 18.8 Å². The Hall–Kier alpha value is -2.03. The summed E-state index contributed by atoms with van der Waals surface area (Å²) in [5.41, 5.74) is 2.20. The lowest BCUT2D eigenvalue weighted by Gasteiger charge is -2.08. The average molecular weight is 257 g/mol. The second kappa shape index (κ2) is 6.23. The Balaban J connectivity index is 2.30. The molecule has 0 saturated heterocycles. The molecule has 0 bridgehead atoms. The van der Waals surface area contributed by atoms with E-state index in [0.29, 0.717) is 0 Å². The van der Waals surface area contributed by atoms with Crippen LogP contribution in [0.15, 0.2) is 47.4 Å². The predicted octanol–water partition coefficient (Wildman–Crippen LogP) is 3.32. The van der Waals surface area contributed by atoms with Gasteiger partial charge in [-0.3, -0.25) is 4.79 Å². The average Bonchev–Trinajstić information content (AvgIpc) is 2.46. The molecule has 0 unspecified atom stereocenters. The minimum Gasteiger partial charge on any atom is -0.497 e. The maximum atomic E-state index is 11.8. The minimum atomic E-state index is 0.0608. The molecule has 2 aromatic rings. The minimum absolute atomic E-state index is 0.0608. The molecule has 1 aromatic heterocycles. The molecular weight excluding hydrogens is 238 g/mol. The highest BCUT2D eigenvalue weighted by atomic mass is 16.5. The van der Waals surface area contributed by atoms with E-state index in [1.165, 1.54) is 0 Å². The van der Waals surface area contributed by atoms with Crippen LogP contribution in [-0.4, -0.2) is 11.7 Å². The van der Waals surface area contributed by atoms with E-state index in [-0.39, 0.29) is 5.56 Å². The van der Waals surface area contributed by atoms with Crippen LogP contribution in [-0.2, 0) is 6.54 Å². The van der Waals surface area contributed by atoms with Crippen LogP contribution in [0.25, 0.3) is 11.1 Å². The van der Waals surface area contributed by atoms with Crippen LogP contribution >= 0.6 is 0 Å². The largest absolute Gasteiger partial charge is 0.497 e. The maximum absolute atomic E-state index is 11.8. The third-order valence-electron chi connectivity index (χ3n) is 3.16. The first-order chi connectivity index (χ1) is 9.24. The molecule has 1 aromatic carbocycles. The molecule has 19 heavy (non-hydrogen) atoms. The van der Waals surface area contributed by atoms with Crippen molar-refractivity contribution in [3.8, 4) is 16.9 Å². The highest BCUT2D eigenvalue weighted by Gasteiger charge is 2.02. The molecule has 0 aliphatic heterocycles. The van der Waals surface area contributed by atoms with Crippen molar-refractivity contribution in [1.29, 1.82) is 0 Å². The number of unbranched alkanes of at least 4 members (excludes halogenated alkanes) is 1. The molecule has 0 saturated carbocycles. The van der Waals surface area contributed by atoms with Gasteiger partial charge in [-0.1, -0.05) is 25.5 Å².